The van der Waals surface area contributed by atoms with Crippen LogP contribution in [0.4, 0.5) is 0 Å². The lowest BCUT2D eigenvalue weighted by molar-refractivity contribution is -0.347. The fourth-order valence-electron chi connectivity index (χ4n) is 18.2. The van der Waals surface area contributed by atoms with Gasteiger partial charge < -0.3 is 86.4 Å². The molecule has 0 radical (unpaired) electrons. The van der Waals surface area contributed by atoms with Crippen LogP contribution < -0.4 is 0 Å². The minimum Gasteiger partial charge on any atom is -0.459 e. The highest BCUT2D eigenvalue weighted by Gasteiger charge is 2.70. The van der Waals surface area contributed by atoms with E-state index in [1.54, 1.807) is 0 Å². The van der Waals surface area contributed by atoms with Crippen LogP contribution >= 0.6 is 0 Å². The van der Waals surface area contributed by atoms with Crippen molar-refractivity contribution in [2.24, 2.45) is 23.7 Å². The second-order valence-electron chi connectivity index (χ2n) is 27.5. The van der Waals surface area contributed by atoms with Gasteiger partial charge in [0.1, 0.15) is 36.6 Å². The maximum Gasteiger partial charge on any atom is 0.308 e. The van der Waals surface area contributed by atoms with Gasteiger partial charge in [0.25, 0.3) is 0 Å². The van der Waals surface area contributed by atoms with Gasteiger partial charge in [-0.25, -0.2) is 0 Å². The molecule has 16 rings (SSSR count). The highest BCUT2D eigenvalue weighted by atomic mass is 16.8. The lowest BCUT2D eigenvalue weighted by atomic mass is 9.79. The van der Waals surface area contributed by atoms with Crippen molar-refractivity contribution >= 4 is 5.97 Å². The molecule has 16 fully saturated rings. The van der Waals surface area contributed by atoms with Gasteiger partial charge in [0.2, 0.25) is 0 Å². The van der Waals surface area contributed by atoms with Crippen LogP contribution in [0, 0.1) is 23.7 Å². The molecule has 19 heteroatoms. The summed E-state index contributed by atoms with van der Waals surface area (Å²) in [6, 6.07) is 0. The zero-order valence-corrected chi connectivity index (χ0v) is 46.5. The van der Waals surface area contributed by atoms with Crippen LogP contribution in [-0.4, -0.2) is 198 Å². The molecule has 0 aromatic heterocycles. The largest absolute Gasteiger partial charge is 0.459 e. The van der Waals surface area contributed by atoms with E-state index < -0.39 is 72.8 Å². The summed E-state index contributed by atoms with van der Waals surface area (Å²) in [7, 11) is 0. The summed E-state index contributed by atoms with van der Waals surface area (Å²) in [4.78, 5) is 14.6. The molecule has 0 amide bonds. The molecule has 79 heavy (non-hydrogen) atoms. The fourth-order valence-corrected chi connectivity index (χ4v) is 18.2. The topological polar surface area (TPSA) is 216 Å². The molecule has 0 aliphatic carbocycles. The molecular weight excluding hydrogens is 1020 g/mol. The average Bonchev–Trinajstić information content (AvgIpc) is 4.25. The lowest BCUT2D eigenvalue weighted by Gasteiger charge is -2.50. The Bertz CT molecular complexity index is 2340. The highest BCUT2D eigenvalue weighted by Crippen LogP contribution is 2.58. The molecule has 4 unspecified atom stereocenters. The van der Waals surface area contributed by atoms with Crippen molar-refractivity contribution in [1.29, 1.82) is 0 Å². The minimum atomic E-state index is -1.02. The summed E-state index contributed by atoms with van der Waals surface area (Å²) in [5.41, 5.74) is 2.15. The van der Waals surface area contributed by atoms with E-state index in [9.17, 15) is 20.1 Å². The minimum absolute atomic E-state index is 0.0143. The normalized spacial score (nSPS) is 57.2. The summed E-state index contributed by atoms with van der Waals surface area (Å²) in [6.07, 6.45) is 2.17. The summed E-state index contributed by atoms with van der Waals surface area (Å²) in [5, 5.41) is 30.3. The van der Waals surface area contributed by atoms with Crippen LogP contribution in [0.25, 0.3) is 0 Å². The van der Waals surface area contributed by atoms with Crippen molar-refractivity contribution in [1.82, 2.24) is 0 Å². The number of hydrogen-bond donors (Lipinski definition) is 3. The maximum atomic E-state index is 14.6. The quantitative estimate of drug-likeness (QED) is 0.251. The van der Waals surface area contributed by atoms with Crippen LogP contribution in [0.2, 0.25) is 0 Å². The molecule has 3 N–H and O–H groups in total. The predicted molar refractivity (Wildman–Crippen MR) is 274 cm³/mol. The Balaban J connectivity index is 0.655. The van der Waals surface area contributed by atoms with E-state index in [4.69, 9.17) is 71.1 Å². The Labute approximate surface area is 463 Å². The van der Waals surface area contributed by atoms with Crippen LogP contribution in [0.15, 0.2) is 24.3 Å². The number of carbonyl (C=O) groups excluding carboxylic acids is 1. The molecular formula is C60H86O19. The Morgan fingerprint density at radius 1 is 0.506 bits per heavy atom. The molecule has 0 saturated carbocycles. The van der Waals surface area contributed by atoms with Gasteiger partial charge in [-0.15, -0.1) is 0 Å². The third kappa shape index (κ3) is 9.43. The van der Waals surface area contributed by atoms with Crippen LogP contribution in [0.1, 0.15) is 143 Å². The van der Waals surface area contributed by atoms with E-state index in [2.05, 4.69) is 40.9 Å². The first-order valence-electron chi connectivity index (χ1n) is 30.8. The molecule has 0 aromatic carbocycles. The SMILES string of the molecule is C=C1C[C@@H]2CCC34CC5O[C@H]6[C@@H](O3)[C@H]3O[C@H](CCC3O[C@H]6[C@H]5O4)CC(=O)O[C@@H]3[C@@H](C)[C@@H]4O[C@@H]5C[C@]6(C[C@@H]7OC8(C[C@H](C)[C@@H]9O[C@H]([C@@H](O)C[C@@H](O)CO)C[C@@H]9O8)C[C@H](C)[C@@H]7O6)O[C@@H]5C[C@@H]4O[C@H]3C[C@H]3O[C@@H](CC[C@@H]1O2)C[C@@H](C)C3=C. The molecule has 16 aliphatic heterocycles. The summed E-state index contributed by atoms with van der Waals surface area (Å²) in [6.45, 7) is 17.4. The van der Waals surface area contributed by atoms with E-state index in [-0.39, 0.29) is 146 Å². The number of hydrogen-bond acceptors (Lipinski definition) is 19. The summed E-state index contributed by atoms with van der Waals surface area (Å²) >= 11 is 0. The lowest BCUT2D eigenvalue weighted by Crippen LogP contribution is -2.62. The van der Waals surface area contributed by atoms with E-state index in [0.29, 0.717) is 64.2 Å². The molecule has 16 heterocycles. The number of rotatable bonds is 4. The first-order valence-corrected chi connectivity index (χ1v) is 30.8. The Hall–Kier alpha value is -1.73. The van der Waals surface area contributed by atoms with Crippen molar-refractivity contribution in [2.75, 3.05) is 6.61 Å². The molecule has 440 valence electrons. The second-order valence-corrected chi connectivity index (χ2v) is 27.5. The van der Waals surface area contributed by atoms with Crippen molar-refractivity contribution in [2.45, 2.75) is 313 Å². The molecule has 16 aliphatic rings. The van der Waals surface area contributed by atoms with Gasteiger partial charge in [-0.3, -0.25) is 4.79 Å². The molecule has 32 atom stereocenters. The third-order valence-corrected chi connectivity index (χ3v) is 21.9. The first-order chi connectivity index (χ1) is 38.0. The van der Waals surface area contributed by atoms with Gasteiger partial charge in [0.15, 0.2) is 17.4 Å². The number of carbonyl (C=O) groups is 1. The van der Waals surface area contributed by atoms with Crippen LogP contribution in [0.3, 0.4) is 0 Å². The Kier molecular flexibility index (Phi) is 13.8. The van der Waals surface area contributed by atoms with Crippen LogP contribution in [-0.2, 0) is 75.8 Å². The number of fused-ring (bicyclic) bond motifs is 10. The van der Waals surface area contributed by atoms with E-state index in [1.807, 2.05) is 0 Å². The Morgan fingerprint density at radius 3 is 2.03 bits per heavy atom. The maximum absolute atomic E-state index is 14.6. The zero-order chi connectivity index (χ0) is 54.0. The molecule has 16 saturated heterocycles. The van der Waals surface area contributed by atoms with E-state index in [1.165, 1.54) is 0 Å². The van der Waals surface area contributed by atoms with E-state index >= 15 is 0 Å². The second kappa shape index (κ2) is 20.2. The van der Waals surface area contributed by atoms with Crippen molar-refractivity contribution in [3.8, 4) is 0 Å². The highest BCUT2D eigenvalue weighted by molar-refractivity contribution is 5.70. The van der Waals surface area contributed by atoms with Gasteiger partial charge in [0.05, 0.1) is 129 Å². The predicted octanol–water partition coefficient (Wildman–Crippen LogP) is 4.93. The Morgan fingerprint density at radius 2 is 1.18 bits per heavy atom. The number of aliphatic hydroxyl groups excluding tert-OH is 3. The molecule has 3 spiro atoms. The summed E-state index contributed by atoms with van der Waals surface area (Å²) in [5.74, 6) is -2.77. The van der Waals surface area contributed by atoms with Crippen molar-refractivity contribution in [3.05, 3.63) is 24.3 Å². The number of esters is 1. The monoisotopic (exact) mass is 1110 g/mol. The average molecular weight is 1110 g/mol. The first kappa shape index (κ1) is 54.0. The third-order valence-electron chi connectivity index (χ3n) is 21.9. The number of ether oxygens (including phenoxy) is 15. The standard InChI is InChI=1S/C60H86O19/c1-26-13-33-7-9-37-27(2)14-35(65-37)11-12-58-23-46-54(78-58)55-56(72-46)57(79-58)53-38(69-55)10-8-34(67-53)16-48(64)73-52-31(6)51-43(68-42(52)17-39(66-33)30(26)5)19-41-45(71-51)22-60(74-41)24-47-50(77-60)29(4)21-59(76-47)20-28(3)49-44(75-59)18-40(70-49)36(63)15-32(62)25-61/h26,28-29,31-47,49-57,61-63H,2,5,7-25H2,1,3-4,6H3/t26-,28+,29+,31+,32-,33+,34-,35+,36+,37+,38?,39-,40+,41-,42+,43+,44+,45-,46?,47+,49+,50+,51+,52-,53+,54+,55+,56-,57+,58?,59?,60+/m1/s1. The van der Waals surface area contributed by atoms with Gasteiger partial charge in [0, 0.05) is 70.1 Å². The van der Waals surface area contributed by atoms with Crippen LogP contribution in [0.5, 0.6) is 0 Å². The molecule has 12 bridgehead atoms. The molecule has 0 aromatic rings. The van der Waals surface area contributed by atoms with Crippen molar-refractivity contribution in [3.63, 3.8) is 0 Å². The van der Waals surface area contributed by atoms with Gasteiger partial charge in [-0.1, -0.05) is 40.9 Å². The molecule has 19 nitrogen and oxygen atoms in total. The van der Waals surface area contributed by atoms with Gasteiger partial charge in [-0.05, 0) is 73.8 Å². The smallest absolute Gasteiger partial charge is 0.308 e. The van der Waals surface area contributed by atoms with Gasteiger partial charge >= 0.3 is 5.97 Å². The van der Waals surface area contributed by atoms with Gasteiger partial charge in [-0.2, -0.15) is 0 Å². The summed E-state index contributed by atoms with van der Waals surface area (Å²) < 4.78 is 104. The zero-order valence-electron chi connectivity index (χ0n) is 46.5. The fraction of sp³-hybridized carbons (Fsp3) is 0.917. The van der Waals surface area contributed by atoms with E-state index in [0.717, 1.165) is 49.7 Å². The van der Waals surface area contributed by atoms with Crippen molar-refractivity contribution < 1.29 is 91.2 Å². The number of aliphatic hydroxyl groups is 3.